The van der Waals surface area contributed by atoms with Gasteiger partial charge in [-0.25, -0.2) is 4.98 Å². The van der Waals surface area contributed by atoms with Gasteiger partial charge in [-0.3, -0.25) is 4.79 Å². The van der Waals surface area contributed by atoms with Gasteiger partial charge in [0.15, 0.2) is 11.5 Å². The number of benzene rings is 2. The van der Waals surface area contributed by atoms with Crippen molar-refractivity contribution in [1.82, 2.24) is 10.3 Å². The van der Waals surface area contributed by atoms with Crippen LogP contribution in [0.2, 0.25) is 0 Å². The third-order valence-electron chi connectivity index (χ3n) is 3.72. The van der Waals surface area contributed by atoms with Crippen molar-refractivity contribution in [3.8, 4) is 11.5 Å². The van der Waals surface area contributed by atoms with Crippen molar-refractivity contribution in [2.24, 2.45) is 0 Å². The first-order valence-corrected chi connectivity index (χ1v) is 8.67. The third-order valence-corrected chi connectivity index (χ3v) is 4.73. The lowest BCUT2D eigenvalue weighted by Crippen LogP contribution is -2.27. The summed E-state index contributed by atoms with van der Waals surface area (Å²) in [5.74, 6) is 1.27. The van der Waals surface area contributed by atoms with Gasteiger partial charge in [-0.15, -0.1) is 11.3 Å². The number of hydrogen-bond donors (Lipinski definition) is 1. The number of carbonyl (C=O) groups is 1. The number of nitrogens with one attached hydrogen (secondary N) is 1. The fraction of sp³-hybridized carbons (Fsp3) is 0.222. The number of aromatic nitrogens is 1. The van der Waals surface area contributed by atoms with E-state index < -0.39 is 0 Å². The normalized spacial score (nSPS) is 12.5. The molecule has 0 radical (unpaired) electrons. The van der Waals surface area contributed by atoms with E-state index in [1.54, 1.807) is 11.3 Å². The summed E-state index contributed by atoms with van der Waals surface area (Å²) in [7, 11) is 0. The van der Waals surface area contributed by atoms with E-state index in [2.05, 4.69) is 10.3 Å². The van der Waals surface area contributed by atoms with Gasteiger partial charge in [-0.2, -0.15) is 0 Å². The highest BCUT2D eigenvalue weighted by atomic mass is 32.1. The van der Waals surface area contributed by atoms with Gasteiger partial charge in [0.1, 0.15) is 11.6 Å². The van der Waals surface area contributed by atoms with Crippen LogP contribution in [0, 0.1) is 0 Å². The molecule has 1 aliphatic rings. The smallest absolute Gasteiger partial charge is 0.246 e. The molecule has 7 heteroatoms. The van der Waals surface area contributed by atoms with Crippen LogP contribution in [0.4, 0.5) is 0 Å². The van der Waals surface area contributed by atoms with Gasteiger partial charge in [0, 0.05) is 6.54 Å². The molecule has 1 N–H and O–H groups in total. The molecule has 0 atom stereocenters. The molecule has 0 aliphatic carbocycles. The summed E-state index contributed by atoms with van der Waals surface area (Å²) < 4.78 is 17.2. The minimum absolute atomic E-state index is 0.000473. The second-order valence-electron chi connectivity index (χ2n) is 5.53. The highest BCUT2D eigenvalue weighted by Crippen LogP contribution is 2.32. The molecule has 0 fully saturated rings. The van der Waals surface area contributed by atoms with E-state index >= 15 is 0 Å². The van der Waals surface area contributed by atoms with E-state index in [0.29, 0.717) is 18.9 Å². The monoisotopic (exact) mass is 356 g/mol. The number of ether oxygens (including phenoxy) is 3. The maximum absolute atomic E-state index is 11.9. The predicted octanol–water partition coefficient (Wildman–Crippen LogP) is 2.86. The van der Waals surface area contributed by atoms with E-state index in [4.69, 9.17) is 14.2 Å². The summed E-state index contributed by atoms with van der Waals surface area (Å²) in [4.78, 5) is 16.4. The molecule has 25 heavy (non-hydrogen) atoms. The fourth-order valence-corrected chi connectivity index (χ4v) is 3.42. The molecule has 3 aromatic rings. The number of nitrogens with zero attached hydrogens (tertiary/aromatic N) is 1. The van der Waals surface area contributed by atoms with Crippen LogP contribution in [-0.2, 0) is 22.7 Å². The Labute approximate surface area is 148 Å². The number of rotatable bonds is 6. The van der Waals surface area contributed by atoms with Gasteiger partial charge in [-0.05, 0) is 29.8 Å². The Bertz CT molecular complexity index is 876. The molecule has 0 bridgehead atoms. The Morgan fingerprint density at radius 2 is 2.08 bits per heavy atom. The standard InChI is InChI=1S/C18H16N2O4S/c21-17(19-8-12-5-6-14-15(7-12)24-11-23-14)9-22-10-18-20-13-3-1-2-4-16(13)25-18/h1-7H,8-11H2,(H,19,21). The van der Waals surface area contributed by atoms with Crippen LogP contribution in [0.5, 0.6) is 11.5 Å². The first-order valence-electron chi connectivity index (χ1n) is 7.85. The van der Waals surface area contributed by atoms with Gasteiger partial charge < -0.3 is 19.5 Å². The van der Waals surface area contributed by atoms with E-state index in [1.807, 2.05) is 42.5 Å². The molecule has 1 amide bonds. The summed E-state index contributed by atoms with van der Waals surface area (Å²) >= 11 is 1.58. The van der Waals surface area contributed by atoms with Crippen molar-refractivity contribution in [2.45, 2.75) is 13.2 Å². The Kier molecular flexibility index (Phi) is 4.49. The largest absolute Gasteiger partial charge is 0.454 e. The molecule has 0 unspecified atom stereocenters. The van der Waals surface area contributed by atoms with Crippen LogP contribution < -0.4 is 14.8 Å². The van der Waals surface area contributed by atoms with Crippen molar-refractivity contribution in [2.75, 3.05) is 13.4 Å². The average molecular weight is 356 g/mol. The molecular weight excluding hydrogens is 340 g/mol. The fourth-order valence-electron chi connectivity index (χ4n) is 2.52. The number of hydrogen-bond acceptors (Lipinski definition) is 6. The number of fused-ring (bicyclic) bond motifs is 2. The van der Waals surface area contributed by atoms with Crippen molar-refractivity contribution >= 4 is 27.5 Å². The van der Waals surface area contributed by atoms with Crippen molar-refractivity contribution < 1.29 is 19.0 Å². The Hall–Kier alpha value is -2.64. The lowest BCUT2D eigenvalue weighted by atomic mass is 10.2. The first-order chi connectivity index (χ1) is 12.3. The first kappa shape index (κ1) is 15.9. The molecule has 0 saturated carbocycles. The van der Waals surface area contributed by atoms with E-state index in [1.165, 1.54) is 0 Å². The molecule has 0 saturated heterocycles. The minimum Gasteiger partial charge on any atom is -0.454 e. The lowest BCUT2D eigenvalue weighted by Gasteiger charge is -2.06. The van der Waals surface area contributed by atoms with E-state index in [-0.39, 0.29) is 19.3 Å². The number of thiazole rings is 1. The number of para-hydroxylation sites is 1. The van der Waals surface area contributed by atoms with Crippen LogP contribution in [0.3, 0.4) is 0 Å². The van der Waals surface area contributed by atoms with Crippen LogP contribution in [0.15, 0.2) is 42.5 Å². The van der Waals surface area contributed by atoms with Crippen LogP contribution in [0.25, 0.3) is 10.2 Å². The zero-order chi connectivity index (χ0) is 17.1. The summed E-state index contributed by atoms with van der Waals surface area (Å²) in [5, 5.41) is 3.69. The Balaban J connectivity index is 1.24. The van der Waals surface area contributed by atoms with Crippen molar-refractivity contribution in [3.05, 3.63) is 53.0 Å². The average Bonchev–Trinajstić information content (AvgIpc) is 3.25. The summed E-state index contributed by atoms with van der Waals surface area (Å²) in [5.41, 5.74) is 1.90. The van der Waals surface area contributed by atoms with Crippen molar-refractivity contribution in [3.63, 3.8) is 0 Å². The zero-order valence-electron chi connectivity index (χ0n) is 13.4. The highest BCUT2D eigenvalue weighted by molar-refractivity contribution is 7.18. The zero-order valence-corrected chi connectivity index (χ0v) is 14.2. The number of carbonyl (C=O) groups excluding carboxylic acids is 1. The molecule has 0 spiro atoms. The van der Waals surface area contributed by atoms with Crippen LogP contribution in [0.1, 0.15) is 10.6 Å². The summed E-state index contributed by atoms with van der Waals surface area (Å²) in [6, 6.07) is 13.5. The molecule has 4 rings (SSSR count). The maximum atomic E-state index is 11.9. The highest BCUT2D eigenvalue weighted by Gasteiger charge is 2.13. The van der Waals surface area contributed by atoms with Gasteiger partial charge >= 0.3 is 0 Å². The maximum Gasteiger partial charge on any atom is 0.246 e. The summed E-state index contributed by atoms with van der Waals surface area (Å²) in [6.07, 6.45) is 0. The molecule has 2 heterocycles. The number of amides is 1. The Morgan fingerprint density at radius 1 is 1.20 bits per heavy atom. The topological polar surface area (TPSA) is 69.7 Å². The molecule has 1 aromatic heterocycles. The van der Waals surface area contributed by atoms with Crippen LogP contribution >= 0.6 is 11.3 Å². The second kappa shape index (κ2) is 7.08. The van der Waals surface area contributed by atoms with Gasteiger partial charge in [0.25, 0.3) is 0 Å². The predicted molar refractivity (Wildman–Crippen MR) is 93.7 cm³/mol. The Morgan fingerprint density at radius 3 is 3.00 bits per heavy atom. The molecule has 128 valence electrons. The van der Waals surface area contributed by atoms with Crippen molar-refractivity contribution in [1.29, 1.82) is 0 Å². The molecular formula is C18H16N2O4S. The molecule has 2 aromatic carbocycles. The van der Waals surface area contributed by atoms with Gasteiger partial charge in [0.05, 0.1) is 16.8 Å². The van der Waals surface area contributed by atoms with E-state index in [9.17, 15) is 4.79 Å². The molecule has 1 aliphatic heterocycles. The quantitative estimate of drug-likeness (QED) is 0.735. The molecule has 6 nitrogen and oxygen atoms in total. The lowest BCUT2D eigenvalue weighted by molar-refractivity contribution is -0.126. The van der Waals surface area contributed by atoms with Crippen LogP contribution in [-0.4, -0.2) is 24.3 Å². The van der Waals surface area contributed by atoms with Gasteiger partial charge in [-0.1, -0.05) is 18.2 Å². The SMILES string of the molecule is O=C(COCc1nc2ccccc2s1)NCc1ccc2c(c1)OCO2. The van der Waals surface area contributed by atoms with Gasteiger partial charge in [0.2, 0.25) is 12.7 Å². The summed E-state index contributed by atoms with van der Waals surface area (Å²) in [6.45, 7) is 0.988. The minimum atomic E-state index is -0.168. The van der Waals surface area contributed by atoms with E-state index in [0.717, 1.165) is 26.5 Å². The second-order valence-corrected chi connectivity index (χ2v) is 6.65. The third kappa shape index (κ3) is 3.72.